The van der Waals surface area contributed by atoms with Gasteiger partial charge < -0.3 is 0 Å². The summed E-state index contributed by atoms with van der Waals surface area (Å²) in [6, 6.07) is 0. The van der Waals surface area contributed by atoms with Crippen molar-refractivity contribution >= 4 is 20.6 Å². The summed E-state index contributed by atoms with van der Waals surface area (Å²) in [7, 11) is 4.55. The van der Waals surface area contributed by atoms with Crippen molar-refractivity contribution < 1.29 is 0 Å². The van der Waals surface area contributed by atoms with E-state index in [0.29, 0.717) is 17.2 Å². The third-order valence-corrected chi connectivity index (χ3v) is 14.9. The molecule has 1 heterocycles. The molecule has 0 saturated carbocycles. The molecule has 0 bridgehead atoms. The van der Waals surface area contributed by atoms with Crippen molar-refractivity contribution in [1.29, 1.82) is 0 Å². The topological polar surface area (TPSA) is 9.72 Å². The molecule has 1 saturated heterocycles. The van der Waals surface area contributed by atoms with Crippen LogP contribution in [-0.4, -0.2) is 61.3 Å². The molecular weight excluding hydrogens is 329 g/mol. The van der Waals surface area contributed by atoms with E-state index >= 15 is 0 Å². The zero-order chi connectivity index (χ0) is 14.3. The molecule has 0 spiro atoms. The second-order valence-corrected chi connectivity index (χ2v) is 13.9. The summed E-state index contributed by atoms with van der Waals surface area (Å²) in [5.74, 6) is 0. The van der Waals surface area contributed by atoms with Crippen LogP contribution in [0.2, 0.25) is 0 Å². The standard InChI is InChI=1S/C12H26N2.C2H6N.Sn/c1-8-11(4,5)13-10(3)14-12(6,7)9-2;1-3-2;/h10H,8-9H2,1-7H3;1-2H3;/q-2;-1;+3. The van der Waals surface area contributed by atoms with E-state index in [-0.39, 0.29) is 0 Å². The van der Waals surface area contributed by atoms with Gasteiger partial charge in [-0.3, -0.25) is 0 Å². The molecule has 0 aromatic rings. The molecule has 3 nitrogen and oxygen atoms in total. The molecule has 1 aliphatic heterocycles. The number of rotatable bonds is 5. The Morgan fingerprint density at radius 2 is 1.28 bits per heavy atom. The molecule has 4 heteroatoms. The molecule has 1 radical (unpaired) electrons. The van der Waals surface area contributed by atoms with Crippen LogP contribution in [-0.2, 0) is 0 Å². The second-order valence-electron chi connectivity index (χ2n) is 6.90. The van der Waals surface area contributed by atoms with E-state index in [2.05, 4.69) is 71.9 Å². The van der Waals surface area contributed by atoms with Gasteiger partial charge in [0.15, 0.2) is 0 Å². The first-order chi connectivity index (χ1) is 8.10. The maximum absolute atomic E-state index is 2.84. The zero-order valence-corrected chi connectivity index (χ0v) is 16.7. The normalized spacial score (nSPS) is 21.7. The van der Waals surface area contributed by atoms with E-state index < -0.39 is 20.6 Å². The molecule has 0 amide bonds. The average molecular weight is 361 g/mol. The Bertz CT molecular complexity index is 265. The van der Waals surface area contributed by atoms with E-state index in [4.69, 9.17) is 0 Å². The summed E-state index contributed by atoms with van der Waals surface area (Å²) in [5, 5.41) is 0. The van der Waals surface area contributed by atoms with Crippen LogP contribution < -0.4 is 0 Å². The Balaban J connectivity index is 3.00. The number of hydrogen-bond donors (Lipinski definition) is 0. The van der Waals surface area contributed by atoms with Gasteiger partial charge in [-0.1, -0.05) is 0 Å². The van der Waals surface area contributed by atoms with Gasteiger partial charge in [0.25, 0.3) is 0 Å². The molecule has 0 unspecified atom stereocenters. The van der Waals surface area contributed by atoms with E-state index in [1.165, 1.54) is 12.8 Å². The summed E-state index contributed by atoms with van der Waals surface area (Å²) < 4.78 is 8.22. The maximum atomic E-state index is 2.84. The molecule has 1 fully saturated rings. The van der Waals surface area contributed by atoms with Crippen molar-refractivity contribution in [3.63, 3.8) is 0 Å². The predicted octanol–water partition coefficient (Wildman–Crippen LogP) is 2.87. The minimum atomic E-state index is -1.80. The minimum absolute atomic E-state index is 0.346. The van der Waals surface area contributed by atoms with Crippen molar-refractivity contribution in [1.82, 2.24) is 9.36 Å². The van der Waals surface area contributed by atoms with Crippen LogP contribution >= 0.6 is 0 Å². The predicted molar refractivity (Wildman–Crippen MR) is 81.3 cm³/mol. The van der Waals surface area contributed by atoms with Gasteiger partial charge in [0, 0.05) is 0 Å². The molecule has 107 valence electrons. The van der Waals surface area contributed by atoms with Crippen molar-refractivity contribution in [3.8, 4) is 0 Å². The fourth-order valence-corrected chi connectivity index (χ4v) is 12.0. The Morgan fingerprint density at radius 1 is 0.944 bits per heavy atom. The van der Waals surface area contributed by atoms with Crippen LogP contribution in [0, 0.1) is 0 Å². The van der Waals surface area contributed by atoms with Crippen LogP contribution in [0.25, 0.3) is 0 Å². The van der Waals surface area contributed by atoms with E-state index in [9.17, 15) is 0 Å². The van der Waals surface area contributed by atoms with Gasteiger partial charge in [0.1, 0.15) is 0 Å². The molecular formula is C14H32N3Sn. The summed E-state index contributed by atoms with van der Waals surface area (Å²) in [6.45, 7) is 16.7. The summed E-state index contributed by atoms with van der Waals surface area (Å²) >= 11 is -1.80. The summed E-state index contributed by atoms with van der Waals surface area (Å²) in [6.07, 6.45) is 3.07. The van der Waals surface area contributed by atoms with Gasteiger partial charge in [-0.15, -0.1) is 0 Å². The monoisotopic (exact) mass is 362 g/mol. The Labute approximate surface area is 122 Å². The molecule has 0 aromatic heterocycles. The van der Waals surface area contributed by atoms with E-state index in [1.54, 1.807) is 0 Å². The van der Waals surface area contributed by atoms with Crippen molar-refractivity contribution in [2.45, 2.75) is 78.6 Å². The zero-order valence-electron chi connectivity index (χ0n) is 13.8. The second kappa shape index (κ2) is 5.58. The van der Waals surface area contributed by atoms with E-state index in [0.717, 1.165) is 0 Å². The van der Waals surface area contributed by atoms with Crippen LogP contribution in [0.1, 0.15) is 61.3 Å². The molecule has 18 heavy (non-hydrogen) atoms. The van der Waals surface area contributed by atoms with Crippen molar-refractivity contribution in [2.75, 3.05) is 14.1 Å². The Morgan fingerprint density at radius 3 is 1.50 bits per heavy atom. The molecule has 1 aliphatic rings. The van der Waals surface area contributed by atoms with Gasteiger partial charge in [-0.05, 0) is 0 Å². The number of hydrogen-bond acceptors (Lipinski definition) is 3. The molecule has 1 rings (SSSR count). The first-order valence-electron chi connectivity index (χ1n) is 7.23. The molecule has 0 aliphatic carbocycles. The fourth-order valence-electron chi connectivity index (χ4n) is 2.83. The van der Waals surface area contributed by atoms with Crippen LogP contribution in [0.4, 0.5) is 0 Å². The van der Waals surface area contributed by atoms with Gasteiger partial charge >= 0.3 is 123 Å². The van der Waals surface area contributed by atoms with Crippen molar-refractivity contribution in [3.05, 3.63) is 0 Å². The Kier molecular flexibility index (Phi) is 5.19. The third-order valence-electron chi connectivity index (χ3n) is 4.61. The Hall–Kier alpha value is 0.679. The van der Waals surface area contributed by atoms with Gasteiger partial charge in [-0.2, -0.15) is 0 Å². The SMILES string of the molecule is CCC(C)(C)[N]1C(C)[N](C(C)(C)CC)[Sn]1[N](C)C. The average Bonchev–Trinajstić information content (AvgIpc) is 2.24. The van der Waals surface area contributed by atoms with Gasteiger partial charge in [0.2, 0.25) is 0 Å². The molecule has 0 atom stereocenters. The first-order valence-corrected chi connectivity index (χ1v) is 11.1. The van der Waals surface area contributed by atoms with Gasteiger partial charge in [-0.25, -0.2) is 0 Å². The number of nitrogens with zero attached hydrogens (tertiary/aromatic N) is 3. The van der Waals surface area contributed by atoms with Crippen LogP contribution in [0.15, 0.2) is 0 Å². The first kappa shape index (κ1) is 16.7. The summed E-state index contributed by atoms with van der Waals surface area (Å²) in [5.41, 5.74) is 0.692. The van der Waals surface area contributed by atoms with Crippen LogP contribution in [0.3, 0.4) is 0 Å². The van der Waals surface area contributed by atoms with Crippen LogP contribution in [0.5, 0.6) is 0 Å². The fraction of sp³-hybridized carbons (Fsp3) is 1.00. The quantitative estimate of drug-likeness (QED) is 0.698. The molecule has 0 aromatic carbocycles. The molecule has 0 N–H and O–H groups in total. The van der Waals surface area contributed by atoms with E-state index in [1.807, 2.05) is 0 Å². The van der Waals surface area contributed by atoms with Gasteiger partial charge in [0.05, 0.1) is 0 Å². The summed E-state index contributed by atoms with van der Waals surface area (Å²) in [4.78, 5) is 0. The van der Waals surface area contributed by atoms with Crippen molar-refractivity contribution in [2.24, 2.45) is 0 Å². The third kappa shape index (κ3) is 2.74.